The Morgan fingerprint density at radius 1 is 1.22 bits per heavy atom. The molecule has 4 rings (SSSR count). The lowest BCUT2D eigenvalue weighted by Crippen LogP contribution is -2.38. The van der Waals surface area contributed by atoms with Crippen LogP contribution in [0.25, 0.3) is 10.1 Å². The topological polar surface area (TPSA) is 40.5 Å². The summed E-state index contributed by atoms with van der Waals surface area (Å²) < 4.78 is 1.26. The van der Waals surface area contributed by atoms with E-state index in [-0.39, 0.29) is 12.1 Å². The minimum atomic E-state index is -0.705. The van der Waals surface area contributed by atoms with Crippen molar-refractivity contribution in [1.82, 2.24) is 4.90 Å². The molecule has 1 saturated heterocycles. The van der Waals surface area contributed by atoms with Crippen LogP contribution < -0.4 is 0 Å². The SMILES string of the molecule is O=C(O)C1CCCN1C(c1cccs1)c1csc2ccccc12. The lowest BCUT2D eigenvalue weighted by atomic mass is 10.0. The third-order valence-corrected chi connectivity index (χ3v) is 6.44. The Labute approximate surface area is 142 Å². The molecule has 1 aromatic carbocycles. The van der Waals surface area contributed by atoms with Gasteiger partial charge in [0, 0.05) is 16.1 Å². The zero-order valence-electron chi connectivity index (χ0n) is 12.5. The maximum atomic E-state index is 11.7. The van der Waals surface area contributed by atoms with Crippen LogP contribution in [0.4, 0.5) is 0 Å². The Morgan fingerprint density at radius 3 is 2.87 bits per heavy atom. The molecule has 0 amide bonds. The molecule has 0 bridgehead atoms. The summed E-state index contributed by atoms with van der Waals surface area (Å²) in [5, 5.41) is 15.1. The third-order valence-electron chi connectivity index (χ3n) is 4.53. The highest BCUT2D eigenvalue weighted by atomic mass is 32.1. The molecule has 1 aliphatic heterocycles. The molecule has 1 fully saturated rings. The number of nitrogens with zero attached hydrogens (tertiary/aromatic N) is 1. The van der Waals surface area contributed by atoms with Crippen LogP contribution in [0.2, 0.25) is 0 Å². The van der Waals surface area contributed by atoms with E-state index in [1.807, 2.05) is 6.07 Å². The quantitative estimate of drug-likeness (QED) is 0.752. The van der Waals surface area contributed by atoms with Gasteiger partial charge in [0.2, 0.25) is 0 Å². The zero-order valence-corrected chi connectivity index (χ0v) is 14.1. The van der Waals surface area contributed by atoms with Crippen LogP contribution in [-0.2, 0) is 4.79 Å². The number of likely N-dealkylation sites (tertiary alicyclic amines) is 1. The number of benzene rings is 1. The lowest BCUT2D eigenvalue weighted by Gasteiger charge is -2.30. The summed E-state index contributed by atoms with van der Waals surface area (Å²) >= 11 is 3.45. The van der Waals surface area contributed by atoms with Gasteiger partial charge in [-0.3, -0.25) is 9.69 Å². The summed E-state index contributed by atoms with van der Waals surface area (Å²) in [5.41, 5.74) is 1.24. The molecule has 118 valence electrons. The van der Waals surface area contributed by atoms with Crippen LogP contribution in [0.5, 0.6) is 0 Å². The van der Waals surface area contributed by atoms with Crippen LogP contribution in [0.15, 0.2) is 47.2 Å². The maximum absolute atomic E-state index is 11.7. The molecule has 0 aliphatic carbocycles. The fourth-order valence-electron chi connectivity index (χ4n) is 3.52. The van der Waals surface area contributed by atoms with Gasteiger partial charge >= 0.3 is 5.97 Å². The van der Waals surface area contributed by atoms with Gasteiger partial charge < -0.3 is 5.11 Å². The Bertz CT molecular complexity index is 825. The number of fused-ring (bicyclic) bond motifs is 1. The molecule has 2 unspecified atom stereocenters. The second-order valence-electron chi connectivity index (χ2n) is 5.84. The van der Waals surface area contributed by atoms with E-state index in [0.29, 0.717) is 0 Å². The van der Waals surface area contributed by atoms with Crippen molar-refractivity contribution in [3.63, 3.8) is 0 Å². The van der Waals surface area contributed by atoms with Crippen molar-refractivity contribution in [3.05, 3.63) is 57.6 Å². The standard InChI is InChI=1S/C18H17NO2S2/c20-18(21)14-6-3-9-19(14)17(16-8-4-10-22-16)13-11-23-15-7-2-1-5-12(13)15/h1-2,4-5,7-8,10-11,14,17H,3,6,9H2,(H,20,21). The van der Waals surface area contributed by atoms with E-state index in [1.165, 1.54) is 20.5 Å². The molecule has 1 N–H and O–H groups in total. The first-order valence-corrected chi connectivity index (χ1v) is 9.49. The van der Waals surface area contributed by atoms with Crippen LogP contribution in [-0.4, -0.2) is 28.6 Å². The molecular weight excluding hydrogens is 326 g/mol. The van der Waals surface area contributed by atoms with Crippen molar-refractivity contribution in [2.75, 3.05) is 6.54 Å². The minimum Gasteiger partial charge on any atom is -0.480 e. The fraction of sp³-hybridized carbons (Fsp3) is 0.278. The number of carboxylic acid groups (broad SMARTS) is 1. The van der Waals surface area contributed by atoms with Crippen molar-refractivity contribution in [2.24, 2.45) is 0 Å². The van der Waals surface area contributed by atoms with Crippen molar-refractivity contribution in [3.8, 4) is 0 Å². The van der Waals surface area contributed by atoms with Crippen LogP contribution >= 0.6 is 22.7 Å². The highest BCUT2D eigenvalue weighted by Crippen LogP contribution is 2.41. The van der Waals surface area contributed by atoms with Crippen LogP contribution in [0.1, 0.15) is 29.3 Å². The molecule has 0 spiro atoms. The largest absolute Gasteiger partial charge is 0.480 e. The summed E-state index contributed by atoms with van der Waals surface area (Å²) in [6, 6.07) is 12.2. The van der Waals surface area contributed by atoms with Gasteiger partial charge in [0.25, 0.3) is 0 Å². The van der Waals surface area contributed by atoms with Crippen molar-refractivity contribution in [1.29, 1.82) is 0 Å². The number of rotatable bonds is 4. The first kappa shape index (κ1) is 14.9. The molecule has 2 aromatic heterocycles. The summed E-state index contributed by atoms with van der Waals surface area (Å²) in [5.74, 6) is -0.705. The van der Waals surface area contributed by atoms with Gasteiger partial charge in [-0.15, -0.1) is 22.7 Å². The predicted octanol–water partition coefficient (Wildman–Crippen LogP) is 4.60. The lowest BCUT2D eigenvalue weighted by molar-refractivity contribution is -0.142. The van der Waals surface area contributed by atoms with E-state index in [4.69, 9.17) is 0 Å². The molecule has 0 saturated carbocycles. The van der Waals surface area contributed by atoms with E-state index in [0.717, 1.165) is 19.4 Å². The molecule has 2 atom stereocenters. The van der Waals surface area contributed by atoms with Crippen molar-refractivity contribution >= 4 is 38.7 Å². The average Bonchev–Trinajstić information content (AvgIpc) is 3.29. The fourth-order valence-corrected chi connectivity index (χ4v) is 5.36. The molecular formula is C18H17NO2S2. The van der Waals surface area contributed by atoms with Crippen molar-refractivity contribution in [2.45, 2.75) is 24.9 Å². The Kier molecular flexibility index (Phi) is 3.93. The van der Waals surface area contributed by atoms with Crippen LogP contribution in [0, 0.1) is 0 Å². The second kappa shape index (κ2) is 6.07. The molecule has 3 heterocycles. The van der Waals surface area contributed by atoms with Gasteiger partial charge in [0.05, 0.1) is 6.04 Å². The smallest absolute Gasteiger partial charge is 0.320 e. The van der Waals surface area contributed by atoms with Gasteiger partial charge in [-0.05, 0) is 46.7 Å². The number of hydrogen-bond acceptors (Lipinski definition) is 4. The summed E-state index contributed by atoms with van der Waals surface area (Å²) in [4.78, 5) is 15.1. The van der Waals surface area contributed by atoms with Crippen LogP contribution in [0.3, 0.4) is 0 Å². The minimum absolute atomic E-state index is 0.0368. The molecule has 5 heteroatoms. The third kappa shape index (κ3) is 2.59. The number of thiophene rings is 2. The van der Waals surface area contributed by atoms with E-state index < -0.39 is 5.97 Å². The second-order valence-corrected chi connectivity index (χ2v) is 7.73. The van der Waals surface area contributed by atoms with Gasteiger partial charge in [0.15, 0.2) is 0 Å². The molecule has 3 nitrogen and oxygen atoms in total. The molecule has 3 aromatic rings. The maximum Gasteiger partial charge on any atom is 0.320 e. The Balaban J connectivity index is 1.85. The number of carboxylic acids is 1. The number of carbonyl (C=O) groups is 1. The Hall–Kier alpha value is -1.69. The van der Waals surface area contributed by atoms with Gasteiger partial charge in [-0.25, -0.2) is 0 Å². The zero-order chi connectivity index (χ0) is 15.8. The van der Waals surface area contributed by atoms with Gasteiger partial charge in [0.1, 0.15) is 6.04 Å². The highest BCUT2D eigenvalue weighted by Gasteiger charge is 2.38. The van der Waals surface area contributed by atoms with Gasteiger partial charge in [-0.2, -0.15) is 0 Å². The monoisotopic (exact) mass is 343 g/mol. The molecule has 0 radical (unpaired) electrons. The number of hydrogen-bond donors (Lipinski definition) is 1. The van der Waals surface area contributed by atoms with E-state index in [1.54, 1.807) is 22.7 Å². The summed E-state index contributed by atoms with van der Waals surface area (Å²) in [6.07, 6.45) is 1.68. The van der Waals surface area contributed by atoms with E-state index in [2.05, 4.69) is 46.0 Å². The van der Waals surface area contributed by atoms with E-state index in [9.17, 15) is 9.90 Å². The predicted molar refractivity (Wildman–Crippen MR) is 95.4 cm³/mol. The Morgan fingerprint density at radius 2 is 2.09 bits per heavy atom. The molecule has 1 aliphatic rings. The highest BCUT2D eigenvalue weighted by molar-refractivity contribution is 7.17. The van der Waals surface area contributed by atoms with Gasteiger partial charge in [-0.1, -0.05) is 24.3 Å². The first-order valence-electron chi connectivity index (χ1n) is 7.74. The van der Waals surface area contributed by atoms with E-state index >= 15 is 0 Å². The normalized spacial score (nSPS) is 20.1. The average molecular weight is 343 g/mol. The molecule has 23 heavy (non-hydrogen) atoms. The first-order chi connectivity index (χ1) is 11.3. The summed E-state index contributed by atoms with van der Waals surface area (Å²) in [6.45, 7) is 0.837. The summed E-state index contributed by atoms with van der Waals surface area (Å²) in [7, 11) is 0. The van der Waals surface area contributed by atoms with Crippen molar-refractivity contribution < 1.29 is 9.90 Å². The number of aliphatic carboxylic acids is 1.